The Hall–Kier alpha value is -2.88. The zero-order chi connectivity index (χ0) is 16.4. The van der Waals surface area contributed by atoms with Gasteiger partial charge in [-0.05, 0) is 12.1 Å². The summed E-state index contributed by atoms with van der Waals surface area (Å²) in [6.45, 7) is -0.465. The van der Waals surface area contributed by atoms with E-state index in [-0.39, 0.29) is 22.5 Å². The van der Waals surface area contributed by atoms with Crippen LogP contribution in [0.4, 0.5) is 24.9 Å². The predicted octanol–water partition coefficient (Wildman–Crippen LogP) is 2.71. The van der Waals surface area contributed by atoms with Gasteiger partial charge in [0.25, 0.3) is 6.01 Å². The number of alkyl halides is 3. The standard InChI is InChI=1S/C13H10F3N5O2/c14-13(15,16)11-6-18-9(7-21(11)22)10-5-19-12(23-10)20-8-2-1-3-17-4-8/h1-6,22H,7H2,(H,19,20). The van der Waals surface area contributed by atoms with E-state index in [9.17, 15) is 18.4 Å². The number of pyridine rings is 1. The number of nitrogens with zero attached hydrogens (tertiary/aromatic N) is 4. The maximum atomic E-state index is 12.6. The van der Waals surface area contributed by atoms with Crippen molar-refractivity contribution in [3.8, 4) is 0 Å². The van der Waals surface area contributed by atoms with Crippen LogP contribution in [0.3, 0.4) is 0 Å². The van der Waals surface area contributed by atoms with Crippen LogP contribution >= 0.6 is 0 Å². The van der Waals surface area contributed by atoms with Gasteiger partial charge in [-0.15, -0.1) is 0 Å². The van der Waals surface area contributed by atoms with Gasteiger partial charge in [0.15, 0.2) is 11.5 Å². The second kappa shape index (κ2) is 5.72. The molecule has 23 heavy (non-hydrogen) atoms. The van der Waals surface area contributed by atoms with Crippen LogP contribution in [0.2, 0.25) is 0 Å². The molecule has 3 rings (SSSR count). The van der Waals surface area contributed by atoms with Gasteiger partial charge in [-0.25, -0.2) is 10.0 Å². The molecular weight excluding hydrogens is 315 g/mol. The minimum absolute atomic E-state index is 0.0685. The largest absolute Gasteiger partial charge is 0.434 e. The molecule has 0 bridgehead atoms. The summed E-state index contributed by atoms with van der Waals surface area (Å²) in [5.41, 5.74) is -0.490. The Morgan fingerprint density at radius 1 is 1.30 bits per heavy atom. The lowest BCUT2D eigenvalue weighted by Crippen LogP contribution is -2.35. The number of oxazole rings is 1. The van der Waals surface area contributed by atoms with Crippen LogP contribution in [0.1, 0.15) is 5.76 Å². The maximum Gasteiger partial charge on any atom is 0.434 e. The first-order valence-electron chi connectivity index (χ1n) is 6.37. The molecular formula is C13H10F3N5O2. The van der Waals surface area contributed by atoms with Crippen molar-refractivity contribution in [2.24, 2.45) is 4.99 Å². The number of allylic oxidation sites excluding steroid dienone is 1. The van der Waals surface area contributed by atoms with Gasteiger partial charge in [0.1, 0.15) is 5.71 Å². The molecule has 1 aliphatic heterocycles. The lowest BCUT2D eigenvalue weighted by molar-refractivity contribution is -0.160. The number of hydroxylamine groups is 2. The molecule has 0 amide bonds. The van der Waals surface area contributed by atoms with Crippen LogP contribution in [0.25, 0.3) is 0 Å². The van der Waals surface area contributed by atoms with Crippen molar-refractivity contribution in [3.63, 3.8) is 0 Å². The summed E-state index contributed by atoms with van der Waals surface area (Å²) in [5, 5.41) is 12.4. The summed E-state index contributed by atoms with van der Waals surface area (Å²) in [6.07, 6.45) is 0.310. The van der Waals surface area contributed by atoms with Crippen LogP contribution < -0.4 is 5.32 Å². The van der Waals surface area contributed by atoms with Crippen molar-refractivity contribution in [2.75, 3.05) is 11.9 Å². The van der Waals surface area contributed by atoms with E-state index in [1.54, 1.807) is 24.5 Å². The molecule has 0 spiro atoms. The van der Waals surface area contributed by atoms with Crippen molar-refractivity contribution in [3.05, 3.63) is 48.4 Å². The molecule has 0 atom stereocenters. The van der Waals surface area contributed by atoms with Crippen LogP contribution in [-0.4, -0.2) is 38.7 Å². The van der Waals surface area contributed by atoms with E-state index in [0.717, 1.165) is 0 Å². The average molecular weight is 325 g/mol. The molecule has 3 heterocycles. The van der Waals surface area contributed by atoms with E-state index in [4.69, 9.17) is 4.42 Å². The molecule has 1 aliphatic rings. The van der Waals surface area contributed by atoms with E-state index in [0.29, 0.717) is 11.9 Å². The van der Waals surface area contributed by atoms with Crippen LogP contribution in [0.5, 0.6) is 0 Å². The second-order valence-electron chi connectivity index (χ2n) is 4.54. The first-order valence-corrected chi connectivity index (χ1v) is 6.37. The molecule has 2 aromatic heterocycles. The Bertz CT molecular complexity index is 754. The van der Waals surface area contributed by atoms with Crippen LogP contribution in [-0.2, 0) is 0 Å². The number of halogens is 3. The summed E-state index contributed by atoms with van der Waals surface area (Å²) >= 11 is 0. The molecule has 10 heteroatoms. The highest BCUT2D eigenvalue weighted by Gasteiger charge is 2.39. The Labute approximate surface area is 127 Å². The van der Waals surface area contributed by atoms with Crippen molar-refractivity contribution in [1.82, 2.24) is 15.0 Å². The highest BCUT2D eigenvalue weighted by molar-refractivity contribution is 6.00. The Kier molecular flexibility index (Phi) is 3.74. The Balaban J connectivity index is 1.79. The highest BCUT2D eigenvalue weighted by Crippen LogP contribution is 2.30. The van der Waals surface area contributed by atoms with Gasteiger partial charge < -0.3 is 9.73 Å². The lowest BCUT2D eigenvalue weighted by Gasteiger charge is -2.24. The Morgan fingerprint density at radius 2 is 2.13 bits per heavy atom. The zero-order valence-electron chi connectivity index (χ0n) is 11.4. The fourth-order valence-corrected chi connectivity index (χ4v) is 1.86. The molecule has 2 aromatic rings. The van der Waals surface area contributed by atoms with E-state index in [2.05, 4.69) is 20.3 Å². The van der Waals surface area contributed by atoms with Gasteiger partial charge in [-0.2, -0.15) is 13.2 Å². The van der Waals surface area contributed by atoms with Crippen LogP contribution in [0.15, 0.2) is 52.0 Å². The van der Waals surface area contributed by atoms with Crippen molar-refractivity contribution in [1.29, 1.82) is 0 Å². The fourth-order valence-electron chi connectivity index (χ4n) is 1.86. The molecule has 0 saturated heterocycles. The maximum absolute atomic E-state index is 12.6. The quantitative estimate of drug-likeness (QED) is 0.902. The van der Waals surface area contributed by atoms with Gasteiger partial charge in [0.05, 0.1) is 30.8 Å². The van der Waals surface area contributed by atoms with Crippen molar-refractivity contribution in [2.45, 2.75) is 6.18 Å². The number of aromatic nitrogens is 2. The summed E-state index contributed by atoms with van der Waals surface area (Å²) in [6, 6.07) is 3.58. The number of hydrogen-bond acceptors (Lipinski definition) is 7. The highest BCUT2D eigenvalue weighted by atomic mass is 19.4. The summed E-state index contributed by atoms with van der Waals surface area (Å²) in [5.74, 6) is 0.146. The minimum Gasteiger partial charge on any atom is -0.422 e. The minimum atomic E-state index is -4.68. The normalized spacial score (nSPS) is 15.2. The zero-order valence-corrected chi connectivity index (χ0v) is 11.4. The number of rotatable bonds is 3. The number of anilines is 2. The summed E-state index contributed by atoms with van der Waals surface area (Å²) in [7, 11) is 0. The predicted molar refractivity (Wildman–Crippen MR) is 73.2 cm³/mol. The average Bonchev–Trinajstić information content (AvgIpc) is 2.95. The van der Waals surface area contributed by atoms with E-state index >= 15 is 0 Å². The van der Waals surface area contributed by atoms with Crippen molar-refractivity contribution < 1.29 is 22.8 Å². The van der Waals surface area contributed by atoms with Gasteiger partial charge >= 0.3 is 6.18 Å². The van der Waals surface area contributed by atoms with E-state index in [1.165, 1.54) is 6.20 Å². The third kappa shape index (κ3) is 3.31. The number of aliphatic imine (C=N–C) groups is 1. The van der Waals surface area contributed by atoms with Gasteiger partial charge in [0, 0.05) is 6.20 Å². The molecule has 0 unspecified atom stereocenters. The SMILES string of the molecule is ON1CC(c2cnc(Nc3cccnc3)o2)=NC=C1C(F)(F)F. The first kappa shape index (κ1) is 15.0. The molecule has 0 aromatic carbocycles. The van der Waals surface area contributed by atoms with E-state index < -0.39 is 18.4 Å². The smallest absolute Gasteiger partial charge is 0.422 e. The van der Waals surface area contributed by atoms with Gasteiger partial charge in [-0.3, -0.25) is 15.2 Å². The van der Waals surface area contributed by atoms with Crippen molar-refractivity contribution >= 4 is 17.4 Å². The first-order chi connectivity index (χ1) is 10.9. The topological polar surface area (TPSA) is 86.8 Å². The molecule has 2 N–H and O–H groups in total. The molecule has 0 fully saturated rings. The fraction of sp³-hybridized carbons (Fsp3) is 0.154. The molecule has 0 saturated carbocycles. The second-order valence-corrected chi connectivity index (χ2v) is 4.54. The van der Waals surface area contributed by atoms with Gasteiger partial charge in [0.2, 0.25) is 0 Å². The molecule has 0 radical (unpaired) electrons. The third-order valence-corrected chi connectivity index (χ3v) is 2.91. The van der Waals surface area contributed by atoms with E-state index in [1.807, 2.05) is 0 Å². The summed E-state index contributed by atoms with van der Waals surface area (Å²) in [4.78, 5) is 11.5. The Morgan fingerprint density at radius 3 is 2.78 bits per heavy atom. The van der Waals surface area contributed by atoms with Crippen LogP contribution in [0, 0.1) is 0 Å². The summed E-state index contributed by atoms with van der Waals surface area (Å²) < 4.78 is 43.1. The lowest BCUT2D eigenvalue weighted by atomic mass is 10.2. The molecule has 0 aliphatic carbocycles. The molecule has 120 valence electrons. The number of nitrogens with one attached hydrogen (secondary N) is 1. The van der Waals surface area contributed by atoms with Gasteiger partial charge in [-0.1, -0.05) is 0 Å². The monoisotopic (exact) mass is 325 g/mol. The number of hydrogen-bond donors (Lipinski definition) is 2. The third-order valence-electron chi connectivity index (χ3n) is 2.91. The molecule has 7 nitrogen and oxygen atoms in total.